The molecular weight excluding hydrogens is 314 g/mol. The highest BCUT2D eigenvalue weighted by Gasteiger charge is 2.18. The van der Waals surface area contributed by atoms with E-state index in [1.54, 1.807) is 0 Å². The van der Waals surface area contributed by atoms with E-state index >= 15 is 0 Å². The van der Waals surface area contributed by atoms with E-state index in [1.165, 1.54) is 0 Å². The molecular formula is C13H17BrClN3. The van der Waals surface area contributed by atoms with Crippen LogP contribution in [0.15, 0.2) is 4.47 Å². The first kappa shape index (κ1) is 13.8. The van der Waals surface area contributed by atoms with Crippen molar-refractivity contribution in [2.45, 2.75) is 33.6 Å². The van der Waals surface area contributed by atoms with Crippen molar-refractivity contribution in [2.24, 2.45) is 13.0 Å². The first-order valence-corrected chi connectivity index (χ1v) is 7.31. The minimum absolute atomic E-state index is 0.548. The Kier molecular flexibility index (Phi) is 3.97. The van der Waals surface area contributed by atoms with Crippen molar-refractivity contribution in [1.29, 1.82) is 0 Å². The first-order valence-electron chi connectivity index (χ1n) is 6.14. The Morgan fingerprint density at radius 1 is 1.33 bits per heavy atom. The summed E-state index contributed by atoms with van der Waals surface area (Å²) >= 11 is 9.79. The van der Waals surface area contributed by atoms with Crippen LogP contribution in [-0.4, -0.2) is 14.5 Å². The molecule has 0 saturated carbocycles. The topological polar surface area (TPSA) is 30.7 Å². The molecule has 2 aromatic rings. The SMILES string of the molecule is CCc1nc(CC(C)C)nc2c1c(Br)c(Cl)n2C. The van der Waals surface area contributed by atoms with E-state index in [-0.39, 0.29) is 0 Å². The maximum Gasteiger partial charge on any atom is 0.146 e. The summed E-state index contributed by atoms with van der Waals surface area (Å²) < 4.78 is 2.81. The van der Waals surface area contributed by atoms with Crippen LogP contribution < -0.4 is 0 Å². The van der Waals surface area contributed by atoms with Gasteiger partial charge in [0.15, 0.2) is 0 Å². The Labute approximate surface area is 121 Å². The fourth-order valence-electron chi connectivity index (χ4n) is 2.07. The van der Waals surface area contributed by atoms with Gasteiger partial charge in [0.05, 0.1) is 15.6 Å². The van der Waals surface area contributed by atoms with Crippen molar-refractivity contribution < 1.29 is 0 Å². The van der Waals surface area contributed by atoms with E-state index in [0.717, 1.165) is 39.9 Å². The Morgan fingerprint density at radius 3 is 2.56 bits per heavy atom. The molecule has 2 rings (SSSR count). The molecule has 2 aromatic heterocycles. The molecule has 0 atom stereocenters. The number of hydrogen-bond acceptors (Lipinski definition) is 2. The number of fused-ring (bicyclic) bond motifs is 1. The Bertz CT molecular complexity index is 590. The smallest absolute Gasteiger partial charge is 0.146 e. The van der Waals surface area contributed by atoms with Gasteiger partial charge in [0.1, 0.15) is 16.6 Å². The molecule has 98 valence electrons. The third-order valence-electron chi connectivity index (χ3n) is 2.95. The lowest BCUT2D eigenvalue weighted by atomic mass is 10.1. The lowest BCUT2D eigenvalue weighted by Gasteiger charge is -2.07. The zero-order valence-electron chi connectivity index (χ0n) is 11.1. The summed E-state index contributed by atoms with van der Waals surface area (Å²) in [5.74, 6) is 1.45. The van der Waals surface area contributed by atoms with E-state index in [4.69, 9.17) is 11.6 Å². The van der Waals surface area contributed by atoms with E-state index in [0.29, 0.717) is 11.1 Å². The van der Waals surface area contributed by atoms with Crippen LogP contribution in [0.3, 0.4) is 0 Å². The van der Waals surface area contributed by atoms with E-state index in [2.05, 4.69) is 46.7 Å². The molecule has 0 radical (unpaired) electrons. The van der Waals surface area contributed by atoms with Crippen molar-refractivity contribution in [1.82, 2.24) is 14.5 Å². The quantitative estimate of drug-likeness (QED) is 0.846. The van der Waals surface area contributed by atoms with Crippen molar-refractivity contribution in [3.63, 3.8) is 0 Å². The van der Waals surface area contributed by atoms with Crippen LogP contribution in [0.5, 0.6) is 0 Å². The zero-order valence-corrected chi connectivity index (χ0v) is 13.4. The van der Waals surface area contributed by atoms with Crippen LogP contribution in [-0.2, 0) is 19.9 Å². The second-order valence-corrected chi connectivity index (χ2v) is 6.05. The largest absolute Gasteiger partial charge is 0.318 e. The second kappa shape index (κ2) is 5.17. The number of hydrogen-bond donors (Lipinski definition) is 0. The van der Waals surface area contributed by atoms with E-state index < -0.39 is 0 Å². The summed E-state index contributed by atoms with van der Waals surface area (Å²) in [5.41, 5.74) is 1.97. The van der Waals surface area contributed by atoms with Crippen LogP contribution in [0.4, 0.5) is 0 Å². The van der Waals surface area contributed by atoms with Gasteiger partial charge in [-0.2, -0.15) is 0 Å². The number of aryl methyl sites for hydroxylation is 2. The first-order chi connectivity index (χ1) is 8.45. The summed E-state index contributed by atoms with van der Waals surface area (Å²) in [4.78, 5) is 9.30. The van der Waals surface area contributed by atoms with Crippen molar-refractivity contribution >= 4 is 38.6 Å². The van der Waals surface area contributed by atoms with Crippen LogP contribution in [0, 0.1) is 5.92 Å². The highest BCUT2D eigenvalue weighted by molar-refractivity contribution is 9.10. The molecule has 3 nitrogen and oxygen atoms in total. The summed E-state index contributed by atoms with van der Waals surface area (Å²) in [6, 6.07) is 0. The molecule has 0 saturated heterocycles. The minimum atomic E-state index is 0.548. The normalized spacial score (nSPS) is 11.7. The predicted octanol–water partition coefficient (Wildman–Crippen LogP) is 4.15. The molecule has 5 heteroatoms. The molecule has 0 aliphatic heterocycles. The monoisotopic (exact) mass is 329 g/mol. The van der Waals surface area contributed by atoms with E-state index in [1.807, 2.05) is 11.6 Å². The lowest BCUT2D eigenvalue weighted by Crippen LogP contribution is -2.05. The molecule has 0 amide bonds. The maximum absolute atomic E-state index is 6.26. The van der Waals surface area contributed by atoms with Gasteiger partial charge in [-0.15, -0.1) is 0 Å². The van der Waals surface area contributed by atoms with Crippen LogP contribution in [0.1, 0.15) is 32.3 Å². The summed E-state index contributed by atoms with van der Waals surface area (Å²) in [6.07, 6.45) is 1.77. The number of nitrogens with zero attached hydrogens (tertiary/aromatic N) is 3. The zero-order chi connectivity index (χ0) is 13.4. The summed E-state index contributed by atoms with van der Waals surface area (Å²) in [7, 11) is 1.93. The van der Waals surface area contributed by atoms with Gasteiger partial charge in [0.2, 0.25) is 0 Å². The fourth-order valence-corrected chi connectivity index (χ4v) is 2.91. The van der Waals surface area contributed by atoms with Gasteiger partial charge < -0.3 is 4.57 Å². The average molecular weight is 331 g/mol. The molecule has 0 aliphatic rings. The van der Waals surface area contributed by atoms with Gasteiger partial charge in [-0.05, 0) is 28.3 Å². The third kappa shape index (κ3) is 2.28. The Morgan fingerprint density at radius 2 is 2.00 bits per heavy atom. The number of rotatable bonds is 3. The van der Waals surface area contributed by atoms with Gasteiger partial charge in [0.25, 0.3) is 0 Å². The molecule has 2 heterocycles. The molecule has 18 heavy (non-hydrogen) atoms. The molecule has 0 N–H and O–H groups in total. The minimum Gasteiger partial charge on any atom is -0.318 e. The van der Waals surface area contributed by atoms with Gasteiger partial charge in [-0.25, -0.2) is 9.97 Å². The van der Waals surface area contributed by atoms with Gasteiger partial charge >= 0.3 is 0 Å². The Balaban J connectivity index is 2.72. The predicted molar refractivity (Wildman–Crippen MR) is 79.1 cm³/mol. The molecule has 0 spiro atoms. The van der Waals surface area contributed by atoms with E-state index in [9.17, 15) is 0 Å². The number of halogens is 2. The molecule has 0 unspecified atom stereocenters. The third-order valence-corrected chi connectivity index (χ3v) is 4.39. The summed E-state index contributed by atoms with van der Waals surface area (Å²) in [5, 5.41) is 1.72. The van der Waals surface area contributed by atoms with Crippen LogP contribution in [0.25, 0.3) is 11.0 Å². The highest BCUT2D eigenvalue weighted by Crippen LogP contribution is 2.34. The average Bonchev–Trinajstić information content (AvgIpc) is 2.53. The molecule has 0 fully saturated rings. The fraction of sp³-hybridized carbons (Fsp3) is 0.538. The van der Waals surface area contributed by atoms with Crippen LogP contribution in [0.2, 0.25) is 5.15 Å². The van der Waals surface area contributed by atoms with Crippen molar-refractivity contribution in [3.8, 4) is 0 Å². The van der Waals surface area contributed by atoms with Crippen LogP contribution >= 0.6 is 27.5 Å². The standard InChI is InChI=1S/C13H17BrClN3/c1-5-8-10-11(14)12(15)18(4)13(10)17-9(16-8)6-7(2)3/h7H,5-6H2,1-4H3. The maximum atomic E-state index is 6.26. The highest BCUT2D eigenvalue weighted by atomic mass is 79.9. The van der Waals surface area contributed by atoms with Gasteiger partial charge in [-0.1, -0.05) is 32.4 Å². The number of aromatic nitrogens is 3. The van der Waals surface area contributed by atoms with Gasteiger partial charge in [-0.3, -0.25) is 0 Å². The molecule has 0 aromatic carbocycles. The summed E-state index contributed by atoms with van der Waals surface area (Å²) in [6.45, 7) is 6.45. The van der Waals surface area contributed by atoms with Gasteiger partial charge in [0, 0.05) is 13.5 Å². The van der Waals surface area contributed by atoms with Crippen molar-refractivity contribution in [2.75, 3.05) is 0 Å². The lowest BCUT2D eigenvalue weighted by molar-refractivity contribution is 0.619. The second-order valence-electron chi connectivity index (χ2n) is 4.90. The Hall–Kier alpha value is -0.610. The van der Waals surface area contributed by atoms with Crippen molar-refractivity contribution in [3.05, 3.63) is 21.1 Å². The molecule has 0 aliphatic carbocycles. The molecule has 0 bridgehead atoms.